The summed E-state index contributed by atoms with van der Waals surface area (Å²) in [5.74, 6) is -0.798. The molecule has 130 valence electrons. The van der Waals surface area contributed by atoms with Crippen LogP contribution in [0, 0.1) is 0 Å². The molecule has 0 radical (unpaired) electrons. The first-order chi connectivity index (χ1) is 11.8. The molecule has 1 aromatic carbocycles. The van der Waals surface area contributed by atoms with Gasteiger partial charge in [-0.2, -0.15) is 13.2 Å². The van der Waals surface area contributed by atoms with Crippen LogP contribution < -0.4 is 4.90 Å². The summed E-state index contributed by atoms with van der Waals surface area (Å²) in [6.45, 7) is 1.83. The van der Waals surface area contributed by atoms with Crippen LogP contribution in [0.3, 0.4) is 0 Å². The number of halogens is 4. The topological polar surface area (TPSA) is 46.1 Å². The predicted molar refractivity (Wildman–Crippen MR) is 91.2 cm³/mol. The number of anilines is 1. The number of hydrogen-bond acceptors (Lipinski definition) is 4. The van der Waals surface area contributed by atoms with E-state index in [2.05, 4.69) is 9.97 Å². The van der Waals surface area contributed by atoms with E-state index in [4.69, 9.17) is 11.6 Å². The van der Waals surface area contributed by atoms with Crippen molar-refractivity contribution in [3.63, 3.8) is 0 Å². The Morgan fingerprint density at radius 1 is 1.32 bits per heavy atom. The highest BCUT2D eigenvalue weighted by molar-refractivity contribution is 7.22. The number of benzene rings is 1. The molecule has 4 nitrogen and oxygen atoms in total. The van der Waals surface area contributed by atoms with E-state index in [1.165, 1.54) is 16.2 Å². The van der Waals surface area contributed by atoms with Gasteiger partial charge in [-0.1, -0.05) is 22.9 Å². The third kappa shape index (κ3) is 3.45. The Hall–Kier alpha value is -2.19. The van der Waals surface area contributed by atoms with Crippen LogP contribution in [-0.4, -0.2) is 22.4 Å². The lowest BCUT2D eigenvalue weighted by Gasteiger charge is -2.19. The fraction of sp³-hybridized carbons (Fsp3) is 0.188. The predicted octanol–water partition coefficient (Wildman–Crippen LogP) is 5.03. The quantitative estimate of drug-likeness (QED) is 0.635. The third-order valence-electron chi connectivity index (χ3n) is 3.49. The zero-order valence-corrected chi connectivity index (χ0v) is 14.4. The number of fused-ring (bicyclic) bond motifs is 1. The highest BCUT2D eigenvalue weighted by Gasteiger charge is 2.36. The summed E-state index contributed by atoms with van der Waals surface area (Å²) in [7, 11) is 0. The average Bonchev–Trinajstić information content (AvgIpc) is 2.97. The fourth-order valence-electron chi connectivity index (χ4n) is 2.33. The summed E-state index contributed by atoms with van der Waals surface area (Å²) in [6, 6.07) is 5.87. The van der Waals surface area contributed by atoms with Crippen molar-refractivity contribution in [3.8, 4) is 0 Å². The summed E-state index contributed by atoms with van der Waals surface area (Å²) >= 11 is 7.13. The van der Waals surface area contributed by atoms with E-state index in [-0.39, 0.29) is 6.54 Å². The standard InChI is InChI=1S/C16H11ClF3N3OS/c1-2-23(15-22-12-7-9(17)3-4-13(12)25-15)14(24)10-8-21-6-5-11(10)16(18,19)20/h3-8H,2H2,1H3. The highest BCUT2D eigenvalue weighted by atomic mass is 35.5. The molecule has 0 aliphatic carbocycles. The number of hydrogen-bond donors (Lipinski definition) is 0. The van der Waals surface area contributed by atoms with Crippen LogP contribution >= 0.6 is 22.9 Å². The molecule has 0 atom stereocenters. The Balaban J connectivity index is 2.05. The van der Waals surface area contributed by atoms with Gasteiger partial charge >= 0.3 is 6.18 Å². The molecule has 2 aromatic heterocycles. The zero-order valence-electron chi connectivity index (χ0n) is 12.8. The molecule has 0 fully saturated rings. The molecule has 0 aliphatic heterocycles. The first-order valence-electron chi connectivity index (χ1n) is 7.20. The Bertz CT molecular complexity index is 942. The van der Waals surface area contributed by atoms with Gasteiger partial charge in [0.05, 0.1) is 21.3 Å². The Morgan fingerprint density at radius 2 is 2.08 bits per heavy atom. The summed E-state index contributed by atoms with van der Waals surface area (Å²) < 4.78 is 40.3. The normalized spacial score (nSPS) is 11.7. The first kappa shape index (κ1) is 17.6. The van der Waals surface area contributed by atoms with E-state index in [9.17, 15) is 18.0 Å². The van der Waals surface area contributed by atoms with E-state index in [0.29, 0.717) is 15.7 Å². The number of aromatic nitrogens is 2. The molecule has 0 spiro atoms. The van der Waals surface area contributed by atoms with E-state index >= 15 is 0 Å². The molecule has 0 bridgehead atoms. The molecule has 0 unspecified atom stereocenters. The summed E-state index contributed by atoms with van der Waals surface area (Å²) in [4.78, 5) is 21.9. The summed E-state index contributed by atoms with van der Waals surface area (Å²) in [5, 5.41) is 0.798. The molecule has 0 N–H and O–H groups in total. The first-order valence-corrected chi connectivity index (χ1v) is 8.40. The minimum Gasteiger partial charge on any atom is -0.284 e. The van der Waals surface area contributed by atoms with Gasteiger partial charge in [-0.05, 0) is 31.2 Å². The van der Waals surface area contributed by atoms with Crippen LogP contribution in [0.25, 0.3) is 10.2 Å². The molecule has 0 saturated heterocycles. The summed E-state index contributed by atoms with van der Waals surface area (Å²) in [5.41, 5.74) is -0.940. The van der Waals surface area contributed by atoms with E-state index < -0.39 is 23.2 Å². The minimum atomic E-state index is -4.64. The van der Waals surface area contributed by atoms with Gasteiger partial charge in [-0.3, -0.25) is 14.7 Å². The molecule has 0 aliphatic rings. The van der Waals surface area contributed by atoms with Crippen LogP contribution in [0.4, 0.5) is 18.3 Å². The third-order valence-corrected chi connectivity index (χ3v) is 4.78. The second kappa shape index (κ2) is 6.61. The Kier molecular flexibility index (Phi) is 4.66. The van der Waals surface area contributed by atoms with Gasteiger partial charge in [0.15, 0.2) is 5.13 Å². The van der Waals surface area contributed by atoms with Gasteiger partial charge in [0.1, 0.15) is 0 Å². The van der Waals surface area contributed by atoms with Crippen molar-refractivity contribution in [1.29, 1.82) is 0 Å². The number of carbonyl (C=O) groups is 1. The van der Waals surface area contributed by atoms with Crippen molar-refractivity contribution >= 4 is 44.2 Å². The van der Waals surface area contributed by atoms with E-state index in [1.807, 2.05) is 0 Å². The number of amides is 1. The van der Waals surface area contributed by atoms with Gasteiger partial charge in [0, 0.05) is 24.0 Å². The molecule has 0 saturated carbocycles. The molecule has 1 amide bonds. The number of alkyl halides is 3. The molecular formula is C16H11ClF3N3OS. The maximum atomic E-state index is 13.2. The number of nitrogens with zero attached hydrogens (tertiary/aromatic N) is 3. The number of carbonyl (C=O) groups excluding carboxylic acids is 1. The van der Waals surface area contributed by atoms with Gasteiger partial charge in [0.2, 0.25) is 0 Å². The monoisotopic (exact) mass is 385 g/mol. The van der Waals surface area contributed by atoms with E-state index in [1.54, 1.807) is 25.1 Å². The number of thiazole rings is 1. The average molecular weight is 386 g/mol. The Morgan fingerprint density at radius 3 is 2.76 bits per heavy atom. The lowest BCUT2D eigenvalue weighted by molar-refractivity contribution is -0.138. The molecule has 2 heterocycles. The van der Waals surface area contributed by atoms with Crippen LogP contribution in [0.15, 0.2) is 36.7 Å². The lowest BCUT2D eigenvalue weighted by atomic mass is 10.1. The van der Waals surface area contributed by atoms with Crippen molar-refractivity contribution in [2.75, 3.05) is 11.4 Å². The smallest absolute Gasteiger partial charge is 0.284 e. The van der Waals surface area contributed by atoms with E-state index in [0.717, 1.165) is 23.2 Å². The van der Waals surface area contributed by atoms with Crippen molar-refractivity contribution in [2.45, 2.75) is 13.1 Å². The van der Waals surface area contributed by atoms with Crippen LogP contribution in [-0.2, 0) is 6.18 Å². The molecule has 3 rings (SSSR count). The maximum Gasteiger partial charge on any atom is 0.417 e. The van der Waals surface area contributed by atoms with Gasteiger partial charge < -0.3 is 0 Å². The fourth-order valence-corrected chi connectivity index (χ4v) is 3.50. The largest absolute Gasteiger partial charge is 0.417 e. The summed E-state index contributed by atoms with van der Waals surface area (Å²) in [6.07, 6.45) is -2.71. The molecular weight excluding hydrogens is 375 g/mol. The highest BCUT2D eigenvalue weighted by Crippen LogP contribution is 2.34. The van der Waals surface area contributed by atoms with Crippen molar-refractivity contribution < 1.29 is 18.0 Å². The number of rotatable bonds is 3. The Labute approximate surface area is 149 Å². The van der Waals surface area contributed by atoms with Crippen LogP contribution in [0.1, 0.15) is 22.8 Å². The van der Waals surface area contributed by atoms with Crippen molar-refractivity contribution in [2.24, 2.45) is 0 Å². The number of pyridine rings is 1. The SMILES string of the molecule is CCN(C(=O)c1cnccc1C(F)(F)F)c1nc2cc(Cl)ccc2s1. The van der Waals surface area contributed by atoms with Crippen LogP contribution in [0.2, 0.25) is 5.02 Å². The second-order valence-corrected chi connectivity index (χ2v) is 6.52. The molecule has 3 aromatic rings. The van der Waals surface area contributed by atoms with Gasteiger partial charge in [-0.25, -0.2) is 4.98 Å². The molecule has 25 heavy (non-hydrogen) atoms. The van der Waals surface area contributed by atoms with Gasteiger partial charge in [-0.15, -0.1) is 0 Å². The molecule has 9 heteroatoms. The van der Waals surface area contributed by atoms with Crippen LogP contribution in [0.5, 0.6) is 0 Å². The minimum absolute atomic E-state index is 0.165. The van der Waals surface area contributed by atoms with Crippen molar-refractivity contribution in [3.05, 3.63) is 52.8 Å². The zero-order chi connectivity index (χ0) is 18.2. The maximum absolute atomic E-state index is 13.2. The second-order valence-electron chi connectivity index (χ2n) is 5.08. The van der Waals surface area contributed by atoms with Gasteiger partial charge in [0.25, 0.3) is 5.91 Å². The van der Waals surface area contributed by atoms with Crippen molar-refractivity contribution in [1.82, 2.24) is 9.97 Å². The lowest BCUT2D eigenvalue weighted by Crippen LogP contribution is -2.32.